The normalized spacial score (nSPS) is 13.6. The molecule has 0 amide bonds. The van der Waals surface area contributed by atoms with Gasteiger partial charge < -0.3 is 24.4 Å². The Balaban J connectivity index is 3.99. The average Bonchev–Trinajstić information content (AvgIpc) is 3.20. The molecule has 0 aliphatic heterocycles. The van der Waals surface area contributed by atoms with Gasteiger partial charge in [-0.05, 0) is 44.9 Å². The van der Waals surface area contributed by atoms with Gasteiger partial charge in [-0.15, -0.1) is 0 Å². The number of hydrogen-bond acceptors (Lipinski definition) is 7. The van der Waals surface area contributed by atoms with Crippen LogP contribution in [-0.4, -0.2) is 52.3 Å². The van der Waals surface area contributed by atoms with Gasteiger partial charge in [0.1, 0.15) is 6.61 Å². The zero-order valence-corrected chi connectivity index (χ0v) is 38.1. The predicted molar refractivity (Wildman–Crippen MR) is 245 cm³/mol. The molecule has 0 heterocycles. The molecule has 0 spiro atoms. The van der Waals surface area contributed by atoms with Gasteiger partial charge in [-0.2, -0.15) is 0 Å². The van der Waals surface area contributed by atoms with E-state index in [1.807, 2.05) is 42.5 Å². The van der Waals surface area contributed by atoms with Crippen LogP contribution in [0.5, 0.6) is 0 Å². The Kier molecular flexibility index (Phi) is 41.7. The van der Waals surface area contributed by atoms with Crippen molar-refractivity contribution in [2.24, 2.45) is 0 Å². The summed E-state index contributed by atoms with van der Waals surface area (Å²) < 4.78 is 26.4. The standard InChI is InChI=1S/C49H85O9P/c1-3-5-7-8-9-10-11-12-13-14-15-16-17-18-19-22-26-29-32-35-39-43-49(52)58-47(45-57-59(53,54)55)44-56-48(51)42-38-34-31-28-25-23-20-21-24-27-30-33-37-41-46(50)40-36-6-4-2/h6,21,23-25,30-31,33-34,36-37,41,46-47,50H,3-5,7-20,22,26-29,32,35,38-40,42-45H2,1-2H3,(H2,53,54,55)/b24-21-,25-23-,33-30+,34-31-,36-6-,41-37+/t46?,47-/m1/s1. The van der Waals surface area contributed by atoms with E-state index in [1.165, 1.54) is 109 Å². The number of carbonyl (C=O) groups is 2. The molecule has 0 saturated heterocycles. The van der Waals surface area contributed by atoms with Gasteiger partial charge in [-0.1, -0.05) is 215 Å². The number of phosphoric acid groups is 1. The van der Waals surface area contributed by atoms with Crippen molar-refractivity contribution in [3.63, 3.8) is 0 Å². The number of unbranched alkanes of at least 4 members (excludes halogenated alkanes) is 20. The van der Waals surface area contributed by atoms with Crippen molar-refractivity contribution in [3.05, 3.63) is 72.9 Å². The van der Waals surface area contributed by atoms with Crippen LogP contribution in [0.3, 0.4) is 0 Å². The predicted octanol–water partition coefficient (Wildman–Crippen LogP) is 13.6. The van der Waals surface area contributed by atoms with Crippen LogP contribution in [0.2, 0.25) is 0 Å². The molecule has 0 saturated carbocycles. The molecular weight excluding hydrogens is 764 g/mol. The molecule has 10 heteroatoms. The number of esters is 2. The van der Waals surface area contributed by atoms with Crippen LogP contribution >= 0.6 is 7.82 Å². The lowest BCUT2D eigenvalue weighted by molar-refractivity contribution is -0.161. The highest BCUT2D eigenvalue weighted by molar-refractivity contribution is 7.46. The smallest absolute Gasteiger partial charge is 0.462 e. The van der Waals surface area contributed by atoms with Crippen molar-refractivity contribution in [2.75, 3.05) is 13.2 Å². The lowest BCUT2D eigenvalue weighted by atomic mass is 10.0. The number of aliphatic hydroxyl groups is 1. The molecule has 0 aromatic carbocycles. The second kappa shape index (κ2) is 43.5. The number of aliphatic hydroxyl groups excluding tert-OH is 1. The van der Waals surface area contributed by atoms with Crippen LogP contribution in [-0.2, 0) is 28.2 Å². The fourth-order valence-electron chi connectivity index (χ4n) is 6.37. The third kappa shape index (κ3) is 46.4. The zero-order valence-electron chi connectivity index (χ0n) is 37.2. The third-order valence-corrected chi connectivity index (χ3v) is 10.3. The lowest BCUT2D eigenvalue weighted by Crippen LogP contribution is -2.29. The molecule has 1 unspecified atom stereocenters. The molecule has 0 radical (unpaired) electrons. The topological polar surface area (TPSA) is 140 Å². The summed E-state index contributed by atoms with van der Waals surface area (Å²) in [7, 11) is -4.78. The number of rotatable bonds is 42. The van der Waals surface area contributed by atoms with Gasteiger partial charge in [-0.3, -0.25) is 14.1 Å². The van der Waals surface area contributed by atoms with Gasteiger partial charge in [0.25, 0.3) is 0 Å². The van der Waals surface area contributed by atoms with Gasteiger partial charge in [0.2, 0.25) is 0 Å². The molecule has 0 bridgehead atoms. The molecule has 0 aliphatic rings. The highest BCUT2D eigenvalue weighted by Gasteiger charge is 2.22. The Morgan fingerprint density at radius 2 is 1.02 bits per heavy atom. The first-order chi connectivity index (χ1) is 28.7. The summed E-state index contributed by atoms with van der Waals surface area (Å²) in [6.45, 7) is 3.43. The minimum absolute atomic E-state index is 0.125. The van der Waals surface area contributed by atoms with E-state index in [-0.39, 0.29) is 19.4 Å². The monoisotopic (exact) mass is 849 g/mol. The minimum atomic E-state index is -4.78. The molecule has 2 atom stereocenters. The van der Waals surface area contributed by atoms with Crippen LogP contribution < -0.4 is 0 Å². The highest BCUT2D eigenvalue weighted by Crippen LogP contribution is 2.36. The molecule has 0 fully saturated rings. The van der Waals surface area contributed by atoms with Gasteiger partial charge in [0.05, 0.1) is 12.7 Å². The van der Waals surface area contributed by atoms with Gasteiger partial charge in [-0.25, -0.2) is 4.57 Å². The van der Waals surface area contributed by atoms with Crippen LogP contribution in [0.4, 0.5) is 0 Å². The van der Waals surface area contributed by atoms with Crippen LogP contribution in [0.25, 0.3) is 0 Å². The summed E-state index contributed by atoms with van der Waals surface area (Å²) in [5, 5.41) is 9.82. The number of phosphoric ester groups is 1. The number of allylic oxidation sites excluding steroid dienone is 10. The van der Waals surface area contributed by atoms with Gasteiger partial charge in [0.15, 0.2) is 6.10 Å². The van der Waals surface area contributed by atoms with Crippen molar-refractivity contribution in [3.8, 4) is 0 Å². The Morgan fingerprint density at radius 1 is 0.542 bits per heavy atom. The average molecular weight is 849 g/mol. The molecule has 3 N–H and O–H groups in total. The van der Waals surface area contributed by atoms with E-state index in [4.69, 9.17) is 19.3 Å². The molecule has 0 aliphatic carbocycles. The number of hydrogen-bond donors (Lipinski definition) is 3. The second-order valence-corrected chi connectivity index (χ2v) is 16.8. The fraction of sp³-hybridized carbons (Fsp3) is 0.714. The second-order valence-electron chi connectivity index (χ2n) is 15.6. The van der Waals surface area contributed by atoms with Crippen molar-refractivity contribution in [2.45, 2.75) is 212 Å². The van der Waals surface area contributed by atoms with Crippen molar-refractivity contribution >= 4 is 19.8 Å². The fourth-order valence-corrected chi connectivity index (χ4v) is 6.73. The molecule has 59 heavy (non-hydrogen) atoms. The summed E-state index contributed by atoms with van der Waals surface area (Å²) in [6, 6.07) is 0. The van der Waals surface area contributed by atoms with E-state index >= 15 is 0 Å². The molecule has 0 aromatic heterocycles. The van der Waals surface area contributed by atoms with Crippen molar-refractivity contribution in [1.29, 1.82) is 0 Å². The van der Waals surface area contributed by atoms with Gasteiger partial charge in [0, 0.05) is 12.8 Å². The summed E-state index contributed by atoms with van der Waals surface area (Å²) in [6.07, 6.45) is 54.0. The van der Waals surface area contributed by atoms with E-state index in [2.05, 4.69) is 42.7 Å². The number of ether oxygens (including phenoxy) is 2. The zero-order chi connectivity index (χ0) is 43.3. The first-order valence-electron chi connectivity index (χ1n) is 23.3. The lowest BCUT2D eigenvalue weighted by Gasteiger charge is -2.18. The molecule has 340 valence electrons. The van der Waals surface area contributed by atoms with E-state index in [0.29, 0.717) is 19.3 Å². The SMILES string of the molecule is CC/C=C\CC(O)/C=C/C=C/C/C=C\C/C=C\C/C=C\CCC(=O)OC[C@H](COP(=O)(O)O)OC(=O)CCCCCCCCCCCCCCCCCCCCCCC. The first-order valence-corrected chi connectivity index (χ1v) is 24.9. The molecule has 9 nitrogen and oxygen atoms in total. The summed E-state index contributed by atoms with van der Waals surface area (Å²) in [4.78, 5) is 42.9. The Morgan fingerprint density at radius 3 is 1.51 bits per heavy atom. The highest BCUT2D eigenvalue weighted by atomic mass is 31.2. The summed E-state index contributed by atoms with van der Waals surface area (Å²) >= 11 is 0. The maximum atomic E-state index is 12.4. The maximum absolute atomic E-state index is 12.4. The Labute approximate surface area is 360 Å². The minimum Gasteiger partial charge on any atom is -0.462 e. The maximum Gasteiger partial charge on any atom is 0.469 e. The molecule has 0 aromatic rings. The summed E-state index contributed by atoms with van der Waals surface area (Å²) in [5.41, 5.74) is 0. The van der Waals surface area contributed by atoms with Crippen molar-refractivity contribution < 1.29 is 43.0 Å². The summed E-state index contributed by atoms with van der Waals surface area (Å²) in [5.74, 6) is -1.00. The van der Waals surface area contributed by atoms with Crippen LogP contribution in [0.15, 0.2) is 72.9 Å². The van der Waals surface area contributed by atoms with Crippen LogP contribution in [0, 0.1) is 0 Å². The number of carbonyl (C=O) groups excluding carboxylic acids is 2. The van der Waals surface area contributed by atoms with E-state index in [0.717, 1.165) is 44.9 Å². The van der Waals surface area contributed by atoms with E-state index in [9.17, 15) is 19.3 Å². The van der Waals surface area contributed by atoms with E-state index < -0.39 is 38.6 Å². The van der Waals surface area contributed by atoms with E-state index in [1.54, 1.807) is 6.08 Å². The van der Waals surface area contributed by atoms with Crippen molar-refractivity contribution in [1.82, 2.24) is 0 Å². The largest absolute Gasteiger partial charge is 0.469 e. The Hall–Kier alpha value is -2.55. The molecular formula is C49H85O9P. The van der Waals surface area contributed by atoms with Crippen LogP contribution in [0.1, 0.15) is 200 Å². The third-order valence-electron chi connectivity index (χ3n) is 9.83. The quantitative estimate of drug-likeness (QED) is 0.0180. The molecule has 0 rings (SSSR count). The van der Waals surface area contributed by atoms with Gasteiger partial charge >= 0.3 is 19.8 Å². The Bertz CT molecular complexity index is 1200. The first kappa shape index (κ1) is 56.5.